The second-order valence-electron chi connectivity index (χ2n) is 7.30. The van der Waals surface area contributed by atoms with Crippen molar-refractivity contribution in [2.24, 2.45) is 4.99 Å². The highest BCUT2D eigenvalue weighted by atomic mass is 16.5. The van der Waals surface area contributed by atoms with E-state index in [1.165, 1.54) is 16.3 Å². The minimum absolute atomic E-state index is 0.426. The third-order valence-corrected chi connectivity index (χ3v) is 5.22. The molecule has 3 aromatic rings. The van der Waals surface area contributed by atoms with Gasteiger partial charge in [-0.15, -0.1) is 0 Å². The first-order valence-corrected chi connectivity index (χ1v) is 10.2. The van der Waals surface area contributed by atoms with Crippen LogP contribution in [0.15, 0.2) is 52.0 Å². The van der Waals surface area contributed by atoms with E-state index in [0.29, 0.717) is 18.3 Å². The lowest BCUT2D eigenvalue weighted by molar-refractivity contribution is 0.173. The van der Waals surface area contributed by atoms with Crippen LogP contribution in [0.5, 0.6) is 0 Å². The fourth-order valence-electron chi connectivity index (χ4n) is 3.77. The number of benzene rings is 2. The standard InChI is InChI=1S/C22H28N6O/c1-3-23-22(24-15-21-25-17(2)29-26-21)28-13-11-27(12-14-28)16-19-9-6-8-18-7-4-5-10-20(18)19/h4-10H,3,11-16H2,1-2H3,(H,23,24). The lowest BCUT2D eigenvalue weighted by Crippen LogP contribution is -2.52. The van der Waals surface area contributed by atoms with Gasteiger partial charge in [0, 0.05) is 46.2 Å². The van der Waals surface area contributed by atoms with E-state index in [1.54, 1.807) is 6.92 Å². The molecule has 0 bridgehead atoms. The molecular weight excluding hydrogens is 364 g/mol. The molecule has 0 radical (unpaired) electrons. The Labute approximate surface area is 171 Å². The molecule has 29 heavy (non-hydrogen) atoms. The van der Waals surface area contributed by atoms with Crippen molar-refractivity contribution in [3.8, 4) is 0 Å². The van der Waals surface area contributed by atoms with Gasteiger partial charge in [0.2, 0.25) is 5.89 Å². The third kappa shape index (κ3) is 4.74. The number of rotatable bonds is 5. The molecule has 0 atom stereocenters. The summed E-state index contributed by atoms with van der Waals surface area (Å²) >= 11 is 0. The predicted molar refractivity (Wildman–Crippen MR) is 115 cm³/mol. The number of piperazine rings is 1. The summed E-state index contributed by atoms with van der Waals surface area (Å²) in [4.78, 5) is 13.8. The summed E-state index contributed by atoms with van der Waals surface area (Å²) in [5, 5.41) is 9.98. The summed E-state index contributed by atoms with van der Waals surface area (Å²) in [6.45, 7) is 10.0. The summed E-state index contributed by atoms with van der Waals surface area (Å²) in [6.07, 6.45) is 0. The molecule has 1 aliphatic rings. The molecule has 1 N–H and O–H groups in total. The van der Waals surface area contributed by atoms with E-state index >= 15 is 0 Å². The van der Waals surface area contributed by atoms with Gasteiger partial charge < -0.3 is 14.7 Å². The van der Waals surface area contributed by atoms with Crippen molar-refractivity contribution < 1.29 is 4.52 Å². The molecule has 7 nitrogen and oxygen atoms in total. The molecule has 4 rings (SSSR count). The van der Waals surface area contributed by atoms with E-state index in [0.717, 1.165) is 45.2 Å². The van der Waals surface area contributed by atoms with Gasteiger partial charge in [0.05, 0.1) is 0 Å². The van der Waals surface area contributed by atoms with Crippen molar-refractivity contribution in [2.75, 3.05) is 32.7 Å². The first-order chi connectivity index (χ1) is 14.2. The maximum absolute atomic E-state index is 5.03. The van der Waals surface area contributed by atoms with Crippen LogP contribution < -0.4 is 5.32 Å². The quantitative estimate of drug-likeness (QED) is 0.532. The highest BCUT2D eigenvalue weighted by molar-refractivity contribution is 5.85. The van der Waals surface area contributed by atoms with Gasteiger partial charge >= 0.3 is 0 Å². The highest BCUT2D eigenvalue weighted by Crippen LogP contribution is 2.20. The maximum atomic E-state index is 5.03. The van der Waals surface area contributed by atoms with Crippen LogP contribution in [0, 0.1) is 6.92 Å². The summed E-state index contributed by atoms with van der Waals surface area (Å²) in [5.74, 6) is 2.11. The minimum atomic E-state index is 0.426. The van der Waals surface area contributed by atoms with Crippen molar-refractivity contribution in [1.29, 1.82) is 0 Å². The number of nitrogens with zero attached hydrogens (tertiary/aromatic N) is 5. The average Bonchev–Trinajstić information content (AvgIpc) is 3.17. The van der Waals surface area contributed by atoms with Crippen LogP contribution in [0.4, 0.5) is 0 Å². The molecule has 1 saturated heterocycles. The van der Waals surface area contributed by atoms with Crippen molar-refractivity contribution in [3.63, 3.8) is 0 Å². The Hall–Kier alpha value is -2.93. The number of nitrogens with one attached hydrogen (secondary N) is 1. The fraction of sp³-hybridized carbons (Fsp3) is 0.409. The van der Waals surface area contributed by atoms with E-state index in [4.69, 9.17) is 9.52 Å². The van der Waals surface area contributed by atoms with Gasteiger partial charge in [-0.2, -0.15) is 4.98 Å². The molecule has 1 fully saturated rings. The Kier molecular flexibility index (Phi) is 6.05. The second kappa shape index (κ2) is 9.05. The first kappa shape index (κ1) is 19.4. The van der Waals surface area contributed by atoms with E-state index in [9.17, 15) is 0 Å². The van der Waals surface area contributed by atoms with Gasteiger partial charge in [0.15, 0.2) is 11.8 Å². The lowest BCUT2D eigenvalue weighted by atomic mass is 10.0. The molecular formula is C22H28N6O. The zero-order valence-electron chi connectivity index (χ0n) is 17.1. The smallest absolute Gasteiger partial charge is 0.223 e. The predicted octanol–water partition coefficient (Wildman–Crippen LogP) is 2.81. The van der Waals surface area contributed by atoms with Gasteiger partial charge in [-0.1, -0.05) is 47.6 Å². The van der Waals surface area contributed by atoms with Gasteiger partial charge in [-0.3, -0.25) is 4.90 Å². The fourth-order valence-corrected chi connectivity index (χ4v) is 3.77. The molecule has 2 heterocycles. The van der Waals surface area contributed by atoms with Crippen molar-refractivity contribution in [1.82, 2.24) is 25.3 Å². The van der Waals surface area contributed by atoms with Crippen molar-refractivity contribution >= 4 is 16.7 Å². The Bertz CT molecular complexity index is 969. The Morgan fingerprint density at radius 3 is 2.66 bits per heavy atom. The van der Waals surface area contributed by atoms with Crippen LogP contribution in [-0.2, 0) is 13.1 Å². The number of aromatic nitrogens is 2. The highest BCUT2D eigenvalue weighted by Gasteiger charge is 2.20. The van der Waals surface area contributed by atoms with E-state index in [-0.39, 0.29) is 0 Å². The summed E-state index contributed by atoms with van der Waals surface area (Å²) in [6, 6.07) is 15.2. The van der Waals surface area contributed by atoms with Crippen LogP contribution in [0.2, 0.25) is 0 Å². The monoisotopic (exact) mass is 392 g/mol. The largest absolute Gasteiger partial charge is 0.357 e. The molecule has 1 aliphatic heterocycles. The summed E-state index contributed by atoms with van der Waals surface area (Å²) in [7, 11) is 0. The third-order valence-electron chi connectivity index (χ3n) is 5.22. The zero-order valence-corrected chi connectivity index (χ0v) is 17.1. The SMILES string of the molecule is CCNC(=NCc1noc(C)n1)N1CCN(Cc2cccc3ccccc23)CC1. The van der Waals surface area contributed by atoms with E-state index in [1.807, 2.05) is 0 Å². The zero-order chi connectivity index (χ0) is 20.1. The number of hydrogen-bond acceptors (Lipinski definition) is 5. The van der Waals surface area contributed by atoms with Gasteiger partial charge in [-0.25, -0.2) is 4.99 Å². The number of aliphatic imine (C=N–C) groups is 1. The maximum Gasteiger partial charge on any atom is 0.223 e. The number of guanidine groups is 1. The lowest BCUT2D eigenvalue weighted by Gasteiger charge is -2.36. The molecule has 2 aromatic carbocycles. The Balaban J connectivity index is 1.38. The molecule has 0 unspecified atom stereocenters. The van der Waals surface area contributed by atoms with Gasteiger partial charge in [-0.05, 0) is 23.3 Å². The van der Waals surface area contributed by atoms with Crippen LogP contribution in [0.25, 0.3) is 10.8 Å². The molecule has 1 aromatic heterocycles. The molecule has 0 aliphatic carbocycles. The minimum Gasteiger partial charge on any atom is -0.357 e. The Morgan fingerprint density at radius 1 is 1.10 bits per heavy atom. The molecule has 0 spiro atoms. The van der Waals surface area contributed by atoms with E-state index in [2.05, 4.69) is 74.6 Å². The number of aryl methyl sites for hydroxylation is 1. The van der Waals surface area contributed by atoms with Crippen LogP contribution in [-0.4, -0.2) is 58.6 Å². The molecule has 7 heteroatoms. The van der Waals surface area contributed by atoms with E-state index < -0.39 is 0 Å². The van der Waals surface area contributed by atoms with Crippen LogP contribution in [0.3, 0.4) is 0 Å². The first-order valence-electron chi connectivity index (χ1n) is 10.2. The normalized spacial score (nSPS) is 15.8. The van der Waals surface area contributed by atoms with Gasteiger partial charge in [0.25, 0.3) is 0 Å². The van der Waals surface area contributed by atoms with Gasteiger partial charge in [0.1, 0.15) is 6.54 Å². The van der Waals surface area contributed by atoms with Crippen molar-refractivity contribution in [3.05, 3.63) is 59.7 Å². The number of fused-ring (bicyclic) bond motifs is 1. The second-order valence-corrected chi connectivity index (χ2v) is 7.30. The van der Waals surface area contributed by atoms with Crippen LogP contribution in [0.1, 0.15) is 24.2 Å². The average molecular weight is 393 g/mol. The number of hydrogen-bond donors (Lipinski definition) is 1. The molecule has 0 amide bonds. The summed E-state index contributed by atoms with van der Waals surface area (Å²) < 4.78 is 5.03. The van der Waals surface area contributed by atoms with Crippen molar-refractivity contribution in [2.45, 2.75) is 26.9 Å². The summed E-state index contributed by atoms with van der Waals surface area (Å²) in [5.41, 5.74) is 1.39. The Morgan fingerprint density at radius 2 is 1.90 bits per heavy atom. The van der Waals surface area contributed by atoms with Crippen LogP contribution >= 0.6 is 0 Å². The molecule has 0 saturated carbocycles. The molecule has 152 valence electrons. The topological polar surface area (TPSA) is 69.8 Å².